The summed E-state index contributed by atoms with van der Waals surface area (Å²) in [7, 11) is 0. The van der Waals surface area contributed by atoms with Gasteiger partial charge in [0.1, 0.15) is 29.0 Å². The van der Waals surface area contributed by atoms with Crippen LogP contribution in [-0.4, -0.2) is 78.6 Å². The molecule has 0 radical (unpaired) electrons. The van der Waals surface area contributed by atoms with Crippen LogP contribution >= 0.6 is 47.0 Å². The second kappa shape index (κ2) is 11.2. The summed E-state index contributed by atoms with van der Waals surface area (Å²) in [6.07, 6.45) is -1.40. The molecule has 0 amide bonds. The number of rotatable bonds is 6. The summed E-state index contributed by atoms with van der Waals surface area (Å²) in [6.45, 7) is 6.07. The second-order valence-corrected chi connectivity index (χ2v) is 20.7. The molecule has 1 N–H and O–H groups in total. The van der Waals surface area contributed by atoms with Gasteiger partial charge in [0.05, 0.1) is 23.7 Å². The fourth-order valence-corrected chi connectivity index (χ4v) is 15.9. The molecule has 52 heavy (non-hydrogen) atoms. The van der Waals surface area contributed by atoms with Crippen molar-refractivity contribution in [1.82, 2.24) is 4.90 Å². The number of ketones is 1. The Labute approximate surface area is 319 Å². The van der Waals surface area contributed by atoms with Gasteiger partial charge in [-0.25, -0.2) is 9.69 Å². The Morgan fingerprint density at radius 2 is 1.42 bits per heavy atom. The molecule has 12 heteroatoms. The van der Waals surface area contributed by atoms with E-state index in [1.807, 2.05) is 56.3 Å². The summed E-state index contributed by atoms with van der Waals surface area (Å²) in [5.41, 5.74) is -1.76. The molecule has 5 heterocycles. The summed E-state index contributed by atoms with van der Waals surface area (Å²) < 4.78 is 26.6. The molecule has 8 aliphatic rings. The number of nitrogens with zero attached hydrogens (tertiary/aromatic N) is 1. The molecule has 3 saturated heterocycles. The van der Waals surface area contributed by atoms with E-state index in [0.717, 1.165) is 30.7 Å². The number of benzene rings is 3. The number of Topliss-reactive ketones (excluding diaryl/α,β-unsaturated/α-hetero) is 1. The van der Waals surface area contributed by atoms with Gasteiger partial charge in [-0.05, 0) is 61.7 Å². The van der Waals surface area contributed by atoms with E-state index in [9.17, 15) is 9.90 Å². The smallest absolute Gasteiger partial charge is 0.338 e. The summed E-state index contributed by atoms with van der Waals surface area (Å²) in [5, 5.41) is 13.5. The maximum absolute atomic E-state index is 15.9. The first kappa shape index (κ1) is 33.1. The van der Waals surface area contributed by atoms with Gasteiger partial charge in [0.2, 0.25) is 0 Å². The van der Waals surface area contributed by atoms with Gasteiger partial charge in [0.25, 0.3) is 0 Å². The van der Waals surface area contributed by atoms with Crippen molar-refractivity contribution >= 4 is 58.8 Å². The molecule has 5 fully saturated rings. The number of carbonyl (C=O) groups is 2. The van der Waals surface area contributed by atoms with E-state index in [0.29, 0.717) is 24.8 Å². The lowest BCUT2D eigenvalue weighted by molar-refractivity contribution is -0.250. The zero-order valence-electron chi connectivity index (χ0n) is 28.7. The molecule has 3 aliphatic carbocycles. The molecule has 8 nitrogen and oxygen atoms in total. The third kappa shape index (κ3) is 4.09. The summed E-state index contributed by atoms with van der Waals surface area (Å²) in [6, 6.07) is 25.4. The lowest BCUT2D eigenvalue weighted by Crippen LogP contribution is -2.79. The number of hydrogen-bond donors (Lipinski definition) is 1. The minimum atomic E-state index is -1.52. The molecular formula is C40H37NO7S4. The average molecular weight is 772 g/mol. The largest absolute Gasteiger partial charge is 0.454 e. The van der Waals surface area contributed by atoms with Crippen molar-refractivity contribution in [3.8, 4) is 0 Å². The molecule has 5 aliphatic heterocycles. The Balaban J connectivity index is 1.05. The highest BCUT2D eigenvalue weighted by Gasteiger charge is 3.09. The van der Waals surface area contributed by atoms with Crippen molar-refractivity contribution in [2.75, 3.05) is 0 Å². The number of aliphatic hydroxyl groups is 1. The third-order valence-electron chi connectivity index (χ3n) is 13.1. The first-order valence-corrected chi connectivity index (χ1v) is 21.5. The summed E-state index contributed by atoms with van der Waals surface area (Å²) >= 11 is 6.55. The van der Waals surface area contributed by atoms with Crippen LogP contribution in [-0.2, 0) is 23.7 Å². The molecule has 0 aromatic heterocycles. The van der Waals surface area contributed by atoms with Gasteiger partial charge in [-0.2, -0.15) is 0 Å². The maximum Gasteiger partial charge on any atom is 0.338 e. The normalized spacial score (nSPS) is 40.3. The van der Waals surface area contributed by atoms with Crippen molar-refractivity contribution in [2.45, 2.75) is 116 Å². The van der Waals surface area contributed by atoms with Crippen LogP contribution in [0.15, 0.2) is 110 Å². The van der Waals surface area contributed by atoms with Crippen LogP contribution in [0.2, 0.25) is 0 Å². The summed E-state index contributed by atoms with van der Waals surface area (Å²) in [4.78, 5) is 36.8. The van der Waals surface area contributed by atoms with Gasteiger partial charge < -0.3 is 24.1 Å². The Bertz CT molecular complexity index is 2050. The minimum absolute atomic E-state index is 0.0644. The van der Waals surface area contributed by atoms with Crippen LogP contribution < -0.4 is 0 Å². The van der Waals surface area contributed by atoms with Crippen molar-refractivity contribution in [1.29, 1.82) is 0 Å². The topological polar surface area (TPSA) is 94.3 Å². The average Bonchev–Trinajstić information content (AvgIpc) is 3.70. The van der Waals surface area contributed by atoms with Gasteiger partial charge in [0, 0.05) is 31.4 Å². The van der Waals surface area contributed by atoms with Crippen LogP contribution in [0.3, 0.4) is 0 Å². The molecule has 3 aromatic rings. The lowest BCUT2D eigenvalue weighted by Gasteiger charge is -2.62. The van der Waals surface area contributed by atoms with Crippen LogP contribution in [0.4, 0.5) is 0 Å². The van der Waals surface area contributed by atoms with Crippen molar-refractivity contribution in [2.24, 2.45) is 11.3 Å². The van der Waals surface area contributed by atoms with Crippen LogP contribution in [0.25, 0.3) is 0 Å². The first-order valence-electron chi connectivity index (χ1n) is 17.9. The van der Waals surface area contributed by atoms with E-state index in [1.165, 1.54) is 0 Å². The quantitative estimate of drug-likeness (QED) is 0.154. The maximum atomic E-state index is 15.9. The first-order chi connectivity index (χ1) is 25.1. The predicted molar refractivity (Wildman–Crippen MR) is 199 cm³/mol. The Hall–Kier alpha value is -2.26. The number of ether oxygens (including phenoxy) is 4. The monoisotopic (exact) mass is 771 g/mol. The molecule has 268 valence electrons. The third-order valence-corrected chi connectivity index (χ3v) is 18.2. The fourth-order valence-electron chi connectivity index (χ4n) is 10.7. The van der Waals surface area contributed by atoms with Crippen molar-refractivity contribution < 1.29 is 33.6 Å². The number of hydrogen-bond acceptors (Lipinski definition) is 12. The van der Waals surface area contributed by atoms with Gasteiger partial charge >= 0.3 is 5.97 Å². The Morgan fingerprint density at radius 3 is 2.02 bits per heavy atom. The Morgan fingerprint density at radius 1 is 0.846 bits per heavy atom. The molecule has 10 atom stereocenters. The van der Waals surface area contributed by atoms with Gasteiger partial charge in [0.15, 0.2) is 21.4 Å². The molecule has 2 spiro atoms. The number of carbonyl (C=O) groups excluding carboxylic acids is 2. The highest BCUT2D eigenvalue weighted by Crippen LogP contribution is 2.87. The standard InChI is InChI=1S/C40H37NO7S4/c1-20-17-18-38(44)33(48-32(43)21-11-5-4-6-12-21)40-29(30(42)31(28(20)37(38,2)3)47-36-51-25-15-9-10-16-26(25)52-36)22(19-27-39(40)34(46-27)41(39)40)45-35-49-23-13-7-8-14-24(23)50-35/h4-16,22,27,29,31,33-36,44H,17-19H2,1-3H3. The fraction of sp³-hybridized carbons (Fsp3) is 0.450. The van der Waals surface area contributed by atoms with Crippen molar-refractivity contribution in [3.05, 3.63) is 95.6 Å². The lowest BCUT2D eigenvalue weighted by atomic mass is 9.49. The number of allylic oxidation sites excluding steroid dienone is 1. The van der Waals surface area contributed by atoms with Crippen LogP contribution in [0, 0.1) is 11.3 Å². The summed E-state index contributed by atoms with van der Waals surface area (Å²) in [5.74, 6) is -1.31. The van der Waals surface area contributed by atoms with E-state index in [4.69, 9.17) is 18.9 Å². The van der Waals surface area contributed by atoms with Gasteiger partial charge in [-0.15, -0.1) is 0 Å². The Kier molecular flexibility index (Phi) is 7.11. The van der Waals surface area contributed by atoms with Crippen LogP contribution in [0.1, 0.15) is 50.4 Å². The minimum Gasteiger partial charge on any atom is -0.454 e. The molecular weight excluding hydrogens is 735 g/mol. The number of fused-ring (bicyclic) bond motifs is 5. The molecule has 2 bridgehead atoms. The zero-order chi connectivity index (χ0) is 35.4. The highest BCUT2D eigenvalue weighted by atomic mass is 32.2. The van der Waals surface area contributed by atoms with E-state index in [2.05, 4.69) is 36.1 Å². The number of thioether (sulfide) groups is 4. The van der Waals surface area contributed by atoms with E-state index in [1.54, 1.807) is 59.2 Å². The van der Waals surface area contributed by atoms with Gasteiger partial charge in [-0.1, -0.05) is 109 Å². The van der Waals surface area contributed by atoms with Gasteiger partial charge in [-0.3, -0.25) is 4.79 Å². The molecule has 2 saturated carbocycles. The van der Waals surface area contributed by atoms with E-state index < -0.39 is 52.3 Å². The zero-order valence-corrected chi connectivity index (χ0v) is 32.0. The highest BCUT2D eigenvalue weighted by molar-refractivity contribution is 8.19. The van der Waals surface area contributed by atoms with Crippen molar-refractivity contribution in [3.63, 3.8) is 0 Å². The molecule has 3 aromatic carbocycles. The SMILES string of the molecule is CC1=C2C(OC3Sc4ccccc4S3)C(=O)C3C(OC4Sc5ccccc5S4)CC4OC5N6C45C36C(OC(=O)c3ccccc3)C(O)(CC1)C2(C)C. The number of esters is 1. The van der Waals surface area contributed by atoms with E-state index in [-0.39, 0.29) is 27.7 Å². The van der Waals surface area contributed by atoms with E-state index >= 15 is 4.79 Å². The predicted octanol–water partition coefficient (Wildman–Crippen LogP) is 7.35. The van der Waals surface area contributed by atoms with Crippen LogP contribution in [0.5, 0.6) is 0 Å². The molecule has 10 unspecified atom stereocenters. The molecule has 11 rings (SSSR count). The second-order valence-electron chi connectivity index (χ2n) is 15.6.